The number of fused-ring (bicyclic) bond motifs is 1. The van der Waals surface area contributed by atoms with Crippen LogP contribution < -0.4 is 0 Å². The molecule has 3 atom stereocenters. The number of carboxylic acids is 1. The summed E-state index contributed by atoms with van der Waals surface area (Å²) in [6.07, 6.45) is 4.28. The first kappa shape index (κ1) is 7.59. The maximum atomic E-state index is 10.9. The number of carbonyl (C=O) groups is 1. The molecule has 2 nitrogen and oxygen atoms in total. The average molecular weight is 219 g/mol. The molecule has 0 aromatic carbocycles. The molecule has 3 unspecified atom stereocenters. The van der Waals surface area contributed by atoms with E-state index in [2.05, 4.69) is 15.9 Å². The highest BCUT2D eigenvalue weighted by molar-refractivity contribution is 9.09. The van der Waals surface area contributed by atoms with Gasteiger partial charge in [-0.05, 0) is 18.8 Å². The lowest BCUT2D eigenvalue weighted by molar-refractivity contribution is -0.144. The molecule has 0 bridgehead atoms. The van der Waals surface area contributed by atoms with Crippen LogP contribution in [0.4, 0.5) is 0 Å². The third-order valence-electron chi connectivity index (χ3n) is 3.15. The van der Waals surface area contributed by atoms with E-state index in [1.807, 2.05) is 0 Å². The summed E-state index contributed by atoms with van der Waals surface area (Å²) in [4.78, 5) is 11.2. The first-order valence-electron chi connectivity index (χ1n) is 4.07. The zero-order chi connectivity index (χ0) is 8.06. The monoisotopic (exact) mass is 218 g/mol. The molecule has 0 aliphatic heterocycles. The van der Waals surface area contributed by atoms with Crippen LogP contribution in [-0.2, 0) is 4.79 Å². The van der Waals surface area contributed by atoms with Crippen LogP contribution in [0.3, 0.4) is 0 Å². The van der Waals surface area contributed by atoms with E-state index in [1.165, 1.54) is 6.42 Å². The van der Waals surface area contributed by atoms with E-state index in [1.54, 1.807) is 0 Å². The molecule has 2 aliphatic rings. The summed E-state index contributed by atoms with van der Waals surface area (Å²) in [5.74, 6) is -0.169. The Kier molecular flexibility index (Phi) is 1.53. The normalized spacial score (nSPS) is 48.1. The van der Waals surface area contributed by atoms with Crippen LogP contribution in [-0.4, -0.2) is 15.9 Å². The van der Waals surface area contributed by atoms with Crippen LogP contribution in [0.5, 0.6) is 0 Å². The Balaban J connectivity index is 2.20. The molecule has 0 heterocycles. The van der Waals surface area contributed by atoms with E-state index in [9.17, 15) is 4.79 Å². The van der Waals surface area contributed by atoms with E-state index in [4.69, 9.17) is 5.11 Å². The lowest BCUT2D eigenvalue weighted by atomic mass is 9.89. The molecule has 2 saturated carbocycles. The molecule has 0 aromatic heterocycles. The molecule has 2 aliphatic carbocycles. The topological polar surface area (TPSA) is 37.3 Å². The number of hydrogen-bond acceptors (Lipinski definition) is 1. The van der Waals surface area contributed by atoms with Crippen molar-refractivity contribution in [3.8, 4) is 0 Å². The van der Waals surface area contributed by atoms with Crippen molar-refractivity contribution in [2.24, 2.45) is 11.3 Å². The zero-order valence-corrected chi connectivity index (χ0v) is 7.80. The zero-order valence-electron chi connectivity index (χ0n) is 6.22. The molecule has 11 heavy (non-hydrogen) atoms. The second-order valence-corrected chi connectivity index (χ2v) is 4.59. The molecule has 0 saturated heterocycles. The Bertz CT molecular complexity index is 204. The Labute approximate surface area is 74.1 Å². The van der Waals surface area contributed by atoms with Crippen molar-refractivity contribution in [3.63, 3.8) is 0 Å². The quantitative estimate of drug-likeness (QED) is 0.685. The fourth-order valence-electron chi connectivity index (χ4n) is 2.36. The highest BCUT2D eigenvalue weighted by Crippen LogP contribution is 2.65. The van der Waals surface area contributed by atoms with Gasteiger partial charge in [0.1, 0.15) is 0 Å². The molecule has 0 radical (unpaired) electrons. The summed E-state index contributed by atoms with van der Waals surface area (Å²) in [6.45, 7) is 0. The molecule has 0 amide bonds. The van der Waals surface area contributed by atoms with Crippen molar-refractivity contribution < 1.29 is 9.90 Å². The average Bonchev–Trinajstić information content (AvgIpc) is 2.60. The molecule has 62 valence electrons. The fraction of sp³-hybridized carbons (Fsp3) is 0.875. The Morgan fingerprint density at radius 1 is 1.55 bits per heavy atom. The van der Waals surface area contributed by atoms with E-state index >= 15 is 0 Å². The van der Waals surface area contributed by atoms with Crippen molar-refractivity contribution in [3.05, 3.63) is 0 Å². The largest absolute Gasteiger partial charge is 0.481 e. The molecule has 2 rings (SSSR count). The Morgan fingerprint density at radius 3 is 2.73 bits per heavy atom. The van der Waals surface area contributed by atoms with Gasteiger partial charge in [0.2, 0.25) is 0 Å². The minimum atomic E-state index is -0.593. The highest BCUT2D eigenvalue weighted by Gasteiger charge is 2.68. The summed E-state index contributed by atoms with van der Waals surface area (Å²) in [7, 11) is 0. The van der Waals surface area contributed by atoms with Gasteiger partial charge >= 0.3 is 5.97 Å². The van der Waals surface area contributed by atoms with Gasteiger partial charge in [-0.25, -0.2) is 0 Å². The van der Waals surface area contributed by atoms with Gasteiger partial charge in [0, 0.05) is 4.83 Å². The number of rotatable bonds is 1. The van der Waals surface area contributed by atoms with Crippen molar-refractivity contribution in [2.45, 2.75) is 30.5 Å². The predicted molar refractivity (Wildman–Crippen MR) is 44.7 cm³/mol. The summed E-state index contributed by atoms with van der Waals surface area (Å²) < 4.78 is 0. The van der Waals surface area contributed by atoms with Gasteiger partial charge in [-0.15, -0.1) is 0 Å². The lowest BCUT2D eigenvalue weighted by Gasteiger charge is -2.16. The Hall–Kier alpha value is -0.0500. The molecule has 1 N–H and O–H groups in total. The molecule has 2 fully saturated rings. The number of hydrogen-bond donors (Lipinski definition) is 1. The van der Waals surface area contributed by atoms with Crippen LogP contribution >= 0.6 is 15.9 Å². The third kappa shape index (κ3) is 0.805. The molecule has 0 aromatic rings. The molecular weight excluding hydrogens is 208 g/mol. The summed E-state index contributed by atoms with van der Waals surface area (Å²) >= 11 is 3.45. The van der Waals surface area contributed by atoms with Crippen LogP contribution in [0.1, 0.15) is 25.7 Å². The van der Waals surface area contributed by atoms with Crippen LogP contribution in [0, 0.1) is 11.3 Å². The second-order valence-electron chi connectivity index (χ2n) is 3.60. The van der Waals surface area contributed by atoms with Gasteiger partial charge in [-0.2, -0.15) is 0 Å². The maximum Gasteiger partial charge on any atom is 0.311 e. The summed E-state index contributed by atoms with van der Waals surface area (Å²) in [5.41, 5.74) is -0.363. The molecular formula is C8H11BrO2. The minimum absolute atomic E-state index is 0.259. The summed E-state index contributed by atoms with van der Waals surface area (Å²) in [5, 5.41) is 8.98. The number of halogens is 1. The van der Waals surface area contributed by atoms with Gasteiger partial charge in [-0.1, -0.05) is 28.8 Å². The summed E-state index contributed by atoms with van der Waals surface area (Å²) in [6, 6.07) is 0. The van der Waals surface area contributed by atoms with Crippen molar-refractivity contribution >= 4 is 21.9 Å². The van der Waals surface area contributed by atoms with Gasteiger partial charge in [-0.3, -0.25) is 4.79 Å². The smallest absolute Gasteiger partial charge is 0.311 e. The number of alkyl halides is 1. The van der Waals surface area contributed by atoms with E-state index in [-0.39, 0.29) is 10.2 Å². The van der Waals surface area contributed by atoms with Gasteiger partial charge in [0.15, 0.2) is 0 Å². The maximum absolute atomic E-state index is 10.9. The van der Waals surface area contributed by atoms with Gasteiger partial charge in [0.05, 0.1) is 5.41 Å². The van der Waals surface area contributed by atoms with E-state index in [0.29, 0.717) is 5.92 Å². The highest BCUT2D eigenvalue weighted by atomic mass is 79.9. The lowest BCUT2D eigenvalue weighted by Crippen LogP contribution is -2.21. The van der Waals surface area contributed by atoms with Crippen molar-refractivity contribution in [1.82, 2.24) is 0 Å². The van der Waals surface area contributed by atoms with Crippen LogP contribution in [0.15, 0.2) is 0 Å². The van der Waals surface area contributed by atoms with Gasteiger partial charge in [0.25, 0.3) is 0 Å². The van der Waals surface area contributed by atoms with Crippen molar-refractivity contribution in [1.29, 1.82) is 0 Å². The number of aliphatic carboxylic acids is 1. The minimum Gasteiger partial charge on any atom is -0.481 e. The van der Waals surface area contributed by atoms with Crippen LogP contribution in [0.25, 0.3) is 0 Å². The van der Waals surface area contributed by atoms with Crippen molar-refractivity contribution in [2.75, 3.05) is 0 Å². The predicted octanol–water partition coefficient (Wildman–Crippen LogP) is 2.02. The molecule has 3 heteroatoms. The van der Waals surface area contributed by atoms with Gasteiger partial charge < -0.3 is 5.11 Å². The number of carboxylic acid groups (broad SMARTS) is 1. The first-order chi connectivity index (χ1) is 5.19. The standard InChI is InChI=1S/C8H11BrO2/c9-6-5-3-1-2-4-8(5,6)7(10)11/h5-6H,1-4H2,(H,10,11). The second kappa shape index (κ2) is 2.22. The SMILES string of the molecule is O=C(O)C12CCCCC1C2Br. The fourth-order valence-corrected chi connectivity index (χ4v) is 3.71. The van der Waals surface area contributed by atoms with E-state index < -0.39 is 5.97 Å². The molecule has 0 spiro atoms. The third-order valence-corrected chi connectivity index (χ3v) is 4.61. The van der Waals surface area contributed by atoms with Crippen LogP contribution in [0.2, 0.25) is 0 Å². The van der Waals surface area contributed by atoms with E-state index in [0.717, 1.165) is 19.3 Å². The first-order valence-corrected chi connectivity index (χ1v) is 4.98. The Morgan fingerprint density at radius 2 is 2.27 bits per heavy atom.